The molecule has 3 rings (SSSR count). The van der Waals surface area contributed by atoms with Gasteiger partial charge in [-0.05, 0) is 18.2 Å². The van der Waals surface area contributed by atoms with Crippen molar-refractivity contribution in [3.05, 3.63) is 40.7 Å². The standard InChI is InChI=1S/C14H15ClN2O3S/c1-17-12-4-3-10(15)5-11(12)14-9(6-16-21(2,18)19)7-20-8-13(14)17/h3-6,16H,7-8H2,1-2H3/b9-6+. The van der Waals surface area contributed by atoms with Crippen molar-refractivity contribution in [1.29, 1.82) is 0 Å². The molecule has 0 radical (unpaired) electrons. The van der Waals surface area contributed by atoms with Crippen molar-refractivity contribution in [1.82, 2.24) is 9.29 Å². The number of hydrogen-bond donors (Lipinski definition) is 1. The number of nitrogens with one attached hydrogen (secondary N) is 1. The van der Waals surface area contributed by atoms with E-state index >= 15 is 0 Å². The Labute approximate surface area is 128 Å². The molecule has 2 aromatic rings. The average Bonchev–Trinajstić information content (AvgIpc) is 2.69. The van der Waals surface area contributed by atoms with Crippen molar-refractivity contribution in [2.24, 2.45) is 7.05 Å². The maximum Gasteiger partial charge on any atom is 0.229 e. The summed E-state index contributed by atoms with van der Waals surface area (Å²) in [5, 5.41) is 1.66. The third-order valence-electron chi connectivity index (χ3n) is 3.55. The summed E-state index contributed by atoms with van der Waals surface area (Å²) in [7, 11) is -1.33. The van der Waals surface area contributed by atoms with Gasteiger partial charge in [-0.15, -0.1) is 0 Å². The number of sulfonamides is 1. The number of aromatic nitrogens is 1. The third-order valence-corrected chi connectivity index (χ3v) is 4.33. The molecule has 0 amide bonds. The predicted molar refractivity (Wildman–Crippen MR) is 83.5 cm³/mol. The van der Waals surface area contributed by atoms with Gasteiger partial charge in [-0.3, -0.25) is 4.72 Å². The third kappa shape index (κ3) is 2.66. The molecule has 0 atom stereocenters. The maximum atomic E-state index is 11.3. The molecule has 112 valence electrons. The van der Waals surface area contributed by atoms with Gasteiger partial charge in [0.05, 0.1) is 25.2 Å². The summed E-state index contributed by atoms with van der Waals surface area (Å²) in [6.45, 7) is 0.857. The molecule has 21 heavy (non-hydrogen) atoms. The Balaban J connectivity index is 2.23. The molecule has 1 N–H and O–H groups in total. The largest absolute Gasteiger partial charge is 0.370 e. The van der Waals surface area contributed by atoms with E-state index in [1.807, 2.05) is 25.2 Å². The van der Waals surface area contributed by atoms with E-state index in [4.69, 9.17) is 16.3 Å². The van der Waals surface area contributed by atoms with E-state index in [9.17, 15) is 8.42 Å². The number of benzene rings is 1. The van der Waals surface area contributed by atoms with Gasteiger partial charge in [0.2, 0.25) is 10.0 Å². The van der Waals surface area contributed by atoms with E-state index in [-0.39, 0.29) is 0 Å². The minimum absolute atomic E-state index is 0.362. The summed E-state index contributed by atoms with van der Waals surface area (Å²) in [6.07, 6.45) is 2.61. The molecule has 1 aromatic heterocycles. The minimum atomic E-state index is -3.30. The Hall–Kier alpha value is -1.50. The normalized spacial score (nSPS) is 17.2. The number of rotatable bonds is 2. The zero-order valence-electron chi connectivity index (χ0n) is 11.7. The van der Waals surface area contributed by atoms with E-state index in [0.717, 1.165) is 34.0 Å². The Morgan fingerprint density at radius 3 is 2.86 bits per heavy atom. The van der Waals surface area contributed by atoms with Crippen molar-refractivity contribution in [3.8, 4) is 0 Å². The lowest BCUT2D eigenvalue weighted by molar-refractivity contribution is 0.141. The highest BCUT2D eigenvalue weighted by Gasteiger charge is 2.23. The summed E-state index contributed by atoms with van der Waals surface area (Å²) in [5.74, 6) is 0. The molecule has 0 saturated heterocycles. The summed E-state index contributed by atoms with van der Waals surface area (Å²) in [6, 6.07) is 5.70. The van der Waals surface area contributed by atoms with E-state index in [1.54, 1.807) is 0 Å². The molecule has 0 saturated carbocycles. The van der Waals surface area contributed by atoms with Crippen molar-refractivity contribution >= 4 is 38.1 Å². The number of ether oxygens (including phenoxy) is 1. The lowest BCUT2D eigenvalue weighted by Gasteiger charge is -2.18. The molecule has 1 aliphatic rings. The molecule has 0 aliphatic carbocycles. The Kier molecular flexibility index (Phi) is 3.47. The highest BCUT2D eigenvalue weighted by Crippen LogP contribution is 2.35. The highest BCUT2D eigenvalue weighted by molar-refractivity contribution is 7.88. The van der Waals surface area contributed by atoms with Crippen LogP contribution in [-0.2, 0) is 28.4 Å². The lowest BCUT2D eigenvalue weighted by Crippen LogP contribution is -2.18. The molecule has 5 nitrogen and oxygen atoms in total. The van der Waals surface area contributed by atoms with Gasteiger partial charge in [-0.2, -0.15) is 0 Å². The van der Waals surface area contributed by atoms with Crippen LogP contribution in [0.25, 0.3) is 16.5 Å². The molecular formula is C14H15ClN2O3S. The van der Waals surface area contributed by atoms with Gasteiger partial charge in [0.25, 0.3) is 0 Å². The average molecular weight is 327 g/mol. The molecular weight excluding hydrogens is 312 g/mol. The van der Waals surface area contributed by atoms with Gasteiger partial charge in [0.15, 0.2) is 0 Å². The van der Waals surface area contributed by atoms with Gasteiger partial charge in [0, 0.05) is 40.3 Å². The van der Waals surface area contributed by atoms with E-state index < -0.39 is 10.0 Å². The fraction of sp³-hybridized carbons (Fsp3) is 0.286. The van der Waals surface area contributed by atoms with Crippen LogP contribution in [0.5, 0.6) is 0 Å². The Morgan fingerprint density at radius 2 is 2.14 bits per heavy atom. The smallest absolute Gasteiger partial charge is 0.229 e. The van der Waals surface area contributed by atoms with Crippen molar-refractivity contribution < 1.29 is 13.2 Å². The number of fused-ring (bicyclic) bond motifs is 3. The highest BCUT2D eigenvalue weighted by atomic mass is 35.5. The SMILES string of the molecule is Cn1c2c(c3cc(Cl)ccc31)/C(=C/NS(C)(=O)=O)COC2. The number of halogens is 1. The first-order valence-electron chi connectivity index (χ1n) is 6.38. The zero-order chi connectivity index (χ0) is 15.2. The summed E-state index contributed by atoms with van der Waals surface area (Å²) >= 11 is 6.10. The Morgan fingerprint density at radius 1 is 1.38 bits per heavy atom. The van der Waals surface area contributed by atoms with Crippen molar-refractivity contribution in [3.63, 3.8) is 0 Å². The molecule has 7 heteroatoms. The fourth-order valence-electron chi connectivity index (χ4n) is 2.62. The first kappa shape index (κ1) is 14.4. The number of hydrogen-bond acceptors (Lipinski definition) is 3. The minimum Gasteiger partial charge on any atom is -0.370 e. The van der Waals surface area contributed by atoms with Crippen LogP contribution in [0.2, 0.25) is 5.02 Å². The molecule has 1 aromatic carbocycles. The maximum absolute atomic E-state index is 11.3. The van der Waals surface area contributed by atoms with Crippen molar-refractivity contribution in [2.75, 3.05) is 12.9 Å². The zero-order valence-corrected chi connectivity index (χ0v) is 13.3. The summed E-state index contributed by atoms with van der Waals surface area (Å²) in [5.41, 5.74) is 3.85. The van der Waals surface area contributed by atoms with Crippen LogP contribution in [0.3, 0.4) is 0 Å². The second kappa shape index (κ2) is 5.05. The quantitative estimate of drug-likeness (QED) is 0.920. The lowest BCUT2D eigenvalue weighted by atomic mass is 10.0. The monoisotopic (exact) mass is 326 g/mol. The first-order chi connectivity index (χ1) is 9.87. The summed E-state index contributed by atoms with van der Waals surface area (Å²) in [4.78, 5) is 0. The first-order valence-corrected chi connectivity index (χ1v) is 8.65. The number of aryl methyl sites for hydroxylation is 1. The topological polar surface area (TPSA) is 60.3 Å². The molecule has 0 fully saturated rings. The van der Waals surface area contributed by atoms with Gasteiger partial charge >= 0.3 is 0 Å². The summed E-state index contributed by atoms with van der Waals surface area (Å²) < 4.78 is 32.6. The van der Waals surface area contributed by atoms with Crippen LogP contribution >= 0.6 is 11.6 Å². The van der Waals surface area contributed by atoms with Crippen LogP contribution in [0, 0.1) is 0 Å². The van der Waals surface area contributed by atoms with Crippen LogP contribution in [0.4, 0.5) is 0 Å². The van der Waals surface area contributed by atoms with E-state index in [0.29, 0.717) is 18.2 Å². The second-order valence-electron chi connectivity index (χ2n) is 5.09. The Bertz CT molecular complexity index is 853. The van der Waals surface area contributed by atoms with Crippen LogP contribution in [0.1, 0.15) is 11.3 Å². The molecule has 2 heterocycles. The van der Waals surface area contributed by atoms with Crippen LogP contribution in [0.15, 0.2) is 24.4 Å². The van der Waals surface area contributed by atoms with Gasteiger partial charge in [-0.1, -0.05) is 11.6 Å². The van der Waals surface area contributed by atoms with Crippen LogP contribution < -0.4 is 4.72 Å². The van der Waals surface area contributed by atoms with Gasteiger partial charge in [0.1, 0.15) is 0 Å². The van der Waals surface area contributed by atoms with Gasteiger partial charge < -0.3 is 9.30 Å². The van der Waals surface area contributed by atoms with E-state index in [2.05, 4.69) is 9.29 Å². The van der Waals surface area contributed by atoms with Gasteiger partial charge in [-0.25, -0.2) is 8.42 Å². The van der Waals surface area contributed by atoms with Crippen molar-refractivity contribution in [2.45, 2.75) is 6.61 Å². The molecule has 0 bridgehead atoms. The second-order valence-corrected chi connectivity index (χ2v) is 7.31. The fourth-order valence-corrected chi connectivity index (χ4v) is 3.15. The molecule has 1 aliphatic heterocycles. The molecule has 0 spiro atoms. The van der Waals surface area contributed by atoms with E-state index in [1.165, 1.54) is 6.20 Å². The number of nitrogens with zero attached hydrogens (tertiary/aromatic N) is 1. The predicted octanol–water partition coefficient (Wildman–Crippen LogP) is 2.25. The van der Waals surface area contributed by atoms with Crippen LogP contribution in [-0.4, -0.2) is 25.8 Å². The molecule has 0 unspecified atom stereocenters.